The third-order valence-electron chi connectivity index (χ3n) is 3.27. The Hall–Kier alpha value is -0.900. The molecule has 0 aromatic rings. The maximum atomic E-state index is 11.7. The standard InChI is InChI=1S/C11H18N2O2/c14-9-5-3-8(4-6-9)13-11(15)10-2-1-7-12-10/h8,10,12H,1-7H2,(H,13,15)/t10-/m0/s1. The molecule has 1 aliphatic carbocycles. The highest BCUT2D eigenvalue weighted by atomic mass is 16.2. The molecule has 0 aromatic carbocycles. The molecule has 1 saturated carbocycles. The second-order valence-corrected chi connectivity index (χ2v) is 4.47. The Morgan fingerprint density at radius 1 is 1.27 bits per heavy atom. The molecular formula is C11H18N2O2. The van der Waals surface area contributed by atoms with Crippen molar-refractivity contribution in [3.63, 3.8) is 0 Å². The maximum absolute atomic E-state index is 11.7. The van der Waals surface area contributed by atoms with Crippen LogP contribution in [0.25, 0.3) is 0 Å². The summed E-state index contributed by atoms with van der Waals surface area (Å²) in [4.78, 5) is 22.8. The van der Waals surface area contributed by atoms with Gasteiger partial charge < -0.3 is 10.6 Å². The van der Waals surface area contributed by atoms with Crippen LogP contribution in [0, 0.1) is 0 Å². The van der Waals surface area contributed by atoms with Crippen LogP contribution in [0.2, 0.25) is 0 Å². The van der Waals surface area contributed by atoms with Crippen LogP contribution in [0.3, 0.4) is 0 Å². The van der Waals surface area contributed by atoms with E-state index in [1.54, 1.807) is 0 Å². The molecule has 1 heterocycles. The van der Waals surface area contributed by atoms with Gasteiger partial charge in [0.2, 0.25) is 5.91 Å². The van der Waals surface area contributed by atoms with Crippen molar-refractivity contribution in [3.05, 3.63) is 0 Å². The summed E-state index contributed by atoms with van der Waals surface area (Å²) in [5.74, 6) is 0.450. The zero-order valence-electron chi connectivity index (χ0n) is 8.92. The summed E-state index contributed by atoms with van der Waals surface area (Å²) >= 11 is 0. The number of Topliss-reactive ketones (excluding diaryl/α,β-unsaturated/α-hetero) is 1. The van der Waals surface area contributed by atoms with Gasteiger partial charge in [0.25, 0.3) is 0 Å². The van der Waals surface area contributed by atoms with Gasteiger partial charge in [-0.05, 0) is 32.2 Å². The largest absolute Gasteiger partial charge is 0.352 e. The van der Waals surface area contributed by atoms with Crippen molar-refractivity contribution < 1.29 is 9.59 Å². The average molecular weight is 210 g/mol. The fourth-order valence-electron chi connectivity index (χ4n) is 2.29. The van der Waals surface area contributed by atoms with Gasteiger partial charge in [-0.25, -0.2) is 0 Å². The highest BCUT2D eigenvalue weighted by Crippen LogP contribution is 2.15. The number of carbonyl (C=O) groups excluding carboxylic acids is 2. The molecule has 0 unspecified atom stereocenters. The third-order valence-corrected chi connectivity index (χ3v) is 3.27. The summed E-state index contributed by atoms with van der Waals surface area (Å²) in [6, 6.07) is 0.222. The molecule has 84 valence electrons. The SMILES string of the molecule is O=C1CCC(NC(=O)[C@@H]2CCCN2)CC1. The lowest BCUT2D eigenvalue weighted by molar-refractivity contribution is -0.125. The Labute approximate surface area is 89.8 Å². The van der Waals surface area contributed by atoms with Crippen LogP contribution in [-0.4, -0.2) is 30.3 Å². The number of rotatable bonds is 2. The molecule has 0 aromatic heterocycles. The first-order chi connectivity index (χ1) is 7.25. The highest BCUT2D eigenvalue weighted by molar-refractivity contribution is 5.83. The summed E-state index contributed by atoms with van der Waals surface area (Å²) in [7, 11) is 0. The fraction of sp³-hybridized carbons (Fsp3) is 0.818. The highest BCUT2D eigenvalue weighted by Gasteiger charge is 2.26. The lowest BCUT2D eigenvalue weighted by Gasteiger charge is -2.23. The zero-order valence-corrected chi connectivity index (χ0v) is 8.92. The minimum absolute atomic E-state index is 0.00243. The Bertz CT molecular complexity index is 249. The van der Waals surface area contributed by atoms with Crippen molar-refractivity contribution in [1.82, 2.24) is 10.6 Å². The first kappa shape index (κ1) is 10.6. The normalized spacial score (nSPS) is 28.0. The van der Waals surface area contributed by atoms with Crippen molar-refractivity contribution in [1.29, 1.82) is 0 Å². The van der Waals surface area contributed by atoms with E-state index in [2.05, 4.69) is 10.6 Å². The van der Waals surface area contributed by atoms with Gasteiger partial charge in [0, 0.05) is 18.9 Å². The van der Waals surface area contributed by atoms with E-state index in [4.69, 9.17) is 0 Å². The molecule has 0 spiro atoms. The number of amides is 1. The molecule has 1 saturated heterocycles. The molecule has 2 rings (SSSR count). The Balaban J connectivity index is 1.76. The van der Waals surface area contributed by atoms with Crippen molar-refractivity contribution in [2.45, 2.75) is 50.6 Å². The first-order valence-electron chi connectivity index (χ1n) is 5.81. The molecule has 2 aliphatic rings. The maximum Gasteiger partial charge on any atom is 0.237 e. The molecule has 1 amide bonds. The predicted octanol–water partition coefficient (Wildman–Crippen LogP) is 0.366. The molecule has 4 heteroatoms. The summed E-state index contributed by atoms with van der Waals surface area (Å²) in [6.45, 7) is 0.946. The minimum atomic E-state index is 0.00243. The van der Waals surface area contributed by atoms with Gasteiger partial charge in [0.15, 0.2) is 0 Å². The summed E-state index contributed by atoms with van der Waals surface area (Å²) in [5, 5.41) is 6.20. The van der Waals surface area contributed by atoms with E-state index in [1.165, 1.54) is 0 Å². The van der Waals surface area contributed by atoms with Gasteiger partial charge in [0.1, 0.15) is 5.78 Å². The van der Waals surface area contributed by atoms with Crippen LogP contribution in [0.1, 0.15) is 38.5 Å². The third kappa shape index (κ3) is 2.78. The molecule has 4 nitrogen and oxygen atoms in total. The minimum Gasteiger partial charge on any atom is -0.352 e. The number of ketones is 1. The molecule has 1 atom stereocenters. The van der Waals surface area contributed by atoms with E-state index in [9.17, 15) is 9.59 Å². The monoisotopic (exact) mass is 210 g/mol. The molecule has 0 bridgehead atoms. The predicted molar refractivity (Wildman–Crippen MR) is 56.4 cm³/mol. The second-order valence-electron chi connectivity index (χ2n) is 4.47. The van der Waals surface area contributed by atoms with Crippen molar-refractivity contribution in [3.8, 4) is 0 Å². The number of carbonyl (C=O) groups is 2. The first-order valence-corrected chi connectivity index (χ1v) is 5.81. The average Bonchev–Trinajstić information content (AvgIpc) is 2.74. The van der Waals surface area contributed by atoms with E-state index < -0.39 is 0 Å². The van der Waals surface area contributed by atoms with Gasteiger partial charge in [-0.2, -0.15) is 0 Å². The van der Waals surface area contributed by atoms with Gasteiger partial charge in [-0.15, -0.1) is 0 Å². The fourth-order valence-corrected chi connectivity index (χ4v) is 2.29. The van der Waals surface area contributed by atoms with Crippen LogP contribution in [0.4, 0.5) is 0 Å². The van der Waals surface area contributed by atoms with E-state index >= 15 is 0 Å². The summed E-state index contributed by atoms with van der Waals surface area (Å²) in [5.41, 5.74) is 0. The van der Waals surface area contributed by atoms with Crippen molar-refractivity contribution in [2.75, 3.05) is 6.54 Å². The van der Waals surface area contributed by atoms with E-state index in [0.717, 1.165) is 32.2 Å². The Morgan fingerprint density at radius 3 is 2.60 bits per heavy atom. The summed E-state index contributed by atoms with van der Waals surface area (Å²) < 4.78 is 0. The van der Waals surface area contributed by atoms with Crippen LogP contribution in [-0.2, 0) is 9.59 Å². The zero-order chi connectivity index (χ0) is 10.7. The number of hydrogen-bond acceptors (Lipinski definition) is 3. The lowest BCUT2D eigenvalue weighted by atomic mass is 9.94. The van der Waals surface area contributed by atoms with Crippen LogP contribution < -0.4 is 10.6 Å². The molecule has 2 N–H and O–H groups in total. The summed E-state index contributed by atoms with van der Waals surface area (Å²) in [6.07, 6.45) is 4.92. The van der Waals surface area contributed by atoms with E-state index in [-0.39, 0.29) is 18.0 Å². The number of hydrogen-bond donors (Lipinski definition) is 2. The van der Waals surface area contributed by atoms with Crippen LogP contribution >= 0.6 is 0 Å². The smallest absolute Gasteiger partial charge is 0.237 e. The van der Waals surface area contributed by atoms with E-state index in [1.807, 2.05) is 0 Å². The Kier molecular flexibility index (Phi) is 3.36. The van der Waals surface area contributed by atoms with E-state index in [0.29, 0.717) is 18.6 Å². The molecule has 2 fully saturated rings. The van der Waals surface area contributed by atoms with Gasteiger partial charge in [-0.1, -0.05) is 0 Å². The quantitative estimate of drug-likeness (QED) is 0.692. The molecule has 15 heavy (non-hydrogen) atoms. The molecular weight excluding hydrogens is 192 g/mol. The molecule has 0 radical (unpaired) electrons. The van der Waals surface area contributed by atoms with Crippen LogP contribution in [0.15, 0.2) is 0 Å². The lowest BCUT2D eigenvalue weighted by Crippen LogP contribution is -2.46. The van der Waals surface area contributed by atoms with Crippen LogP contribution in [0.5, 0.6) is 0 Å². The Morgan fingerprint density at radius 2 is 2.00 bits per heavy atom. The second kappa shape index (κ2) is 4.75. The van der Waals surface area contributed by atoms with Crippen molar-refractivity contribution in [2.24, 2.45) is 0 Å². The molecule has 1 aliphatic heterocycles. The number of nitrogens with one attached hydrogen (secondary N) is 2. The topological polar surface area (TPSA) is 58.2 Å². The van der Waals surface area contributed by atoms with Gasteiger partial charge in [-0.3, -0.25) is 9.59 Å². The van der Waals surface area contributed by atoms with Gasteiger partial charge >= 0.3 is 0 Å². The van der Waals surface area contributed by atoms with Gasteiger partial charge in [0.05, 0.1) is 6.04 Å². The van der Waals surface area contributed by atoms with Crippen molar-refractivity contribution >= 4 is 11.7 Å².